The molecule has 0 aliphatic rings. The van der Waals surface area contributed by atoms with Gasteiger partial charge in [-0.15, -0.1) is 0 Å². The Bertz CT molecular complexity index is 1260. The van der Waals surface area contributed by atoms with Crippen LogP contribution in [0.4, 0.5) is 5.82 Å². The molecular formula is C20H17ClN4O2S. The lowest BCUT2D eigenvalue weighted by molar-refractivity contribution is 0.588. The average molecular weight is 413 g/mol. The van der Waals surface area contributed by atoms with Gasteiger partial charge in [0.2, 0.25) is 0 Å². The number of nitrogen functional groups attached to an aromatic ring is 1. The number of hydrogen-bond donors (Lipinski definition) is 1. The maximum absolute atomic E-state index is 13.2. The number of fused-ring (bicyclic) bond motifs is 1. The quantitative estimate of drug-likeness (QED) is 0.550. The molecule has 6 nitrogen and oxygen atoms in total. The molecule has 0 saturated heterocycles. The molecule has 8 heteroatoms. The maximum atomic E-state index is 13.2. The Morgan fingerprint density at radius 3 is 2.50 bits per heavy atom. The highest BCUT2D eigenvalue weighted by atomic mass is 35.5. The van der Waals surface area contributed by atoms with Crippen molar-refractivity contribution in [2.75, 3.05) is 5.73 Å². The van der Waals surface area contributed by atoms with Gasteiger partial charge < -0.3 is 5.73 Å². The molecule has 0 radical (unpaired) electrons. The fraction of sp³-hybridized carbons (Fsp3) is 0.100. The lowest BCUT2D eigenvalue weighted by Gasteiger charge is -2.07. The molecule has 3 aromatic heterocycles. The first-order valence-corrected chi connectivity index (χ1v) is 10.3. The summed E-state index contributed by atoms with van der Waals surface area (Å²) in [5.41, 5.74) is 8.65. The molecule has 1 aromatic carbocycles. The van der Waals surface area contributed by atoms with E-state index in [1.807, 2.05) is 13.0 Å². The van der Waals surface area contributed by atoms with Crippen molar-refractivity contribution in [2.24, 2.45) is 0 Å². The zero-order valence-electron chi connectivity index (χ0n) is 15.0. The van der Waals surface area contributed by atoms with E-state index in [0.717, 1.165) is 16.7 Å². The number of hydrogen-bond acceptors (Lipinski definition) is 5. The van der Waals surface area contributed by atoms with Crippen LogP contribution in [0.15, 0.2) is 66.0 Å². The van der Waals surface area contributed by atoms with Crippen LogP contribution in [0, 0.1) is 6.92 Å². The van der Waals surface area contributed by atoms with Crippen molar-refractivity contribution in [3.63, 3.8) is 0 Å². The second-order valence-corrected chi connectivity index (χ2v) is 8.81. The minimum atomic E-state index is -3.80. The minimum Gasteiger partial charge on any atom is -0.384 e. The van der Waals surface area contributed by atoms with Gasteiger partial charge in [0.15, 0.2) is 5.65 Å². The molecule has 0 spiro atoms. The number of halogens is 1. The lowest BCUT2D eigenvalue weighted by atomic mass is 10.1. The van der Waals surface area contributed by atoms with Crippen LogP contribution in [0.1, 0.15) is 16.7 Å². The summed E-state index contributed by atoms with van der Waals surface area (Å²) >= 11 is 6.12. The second kappa shape index (κ2) is 6.92. The topological polar surface area (TPSA) is 90.9 Å². The molecule has 4 rings (SSSR count). The van der Waals surface area contributed by atoms with Gasteiger partial charge in [-0.3, -0.25) is 0 Å². The third-order valence-corrected chi connectivity index (χ3v) is 6.35. The van der Waals surface area contributed by atoms with Crippen molar-refractivity contribution in [3.05, 3.63) is 82.8 Å². The monoisotopic (exact) mass is 412 g/mol. The third-order valence-electron chi connectivity index (χ3n) is 4.48. The Kier molecular flexibility index (Phi) is 4.56. The van der Waals surface area contributed by atoms with Gasteiger partial charge in [0.25, 0.3) is 10.0 Å². The molecule has 0 fully saturated rings. The van der Waals surface area contributed by atoms with E-state index >= 15 is 0 Å². The van der Waals surface area contributed by atoms with Crippen LogP contribution < -0.4 is 5.73 Å². The summed E-state index contributed by atoms with van der Waals surface area (Å²) in [6.07, 6.45) is 5.19. The smallest absolute Gasteiger partial charge is 0.269 e. The Morgan fingerprint density at radius 2 is 1.82 bits per heavy atom. The van der Waals surface area contributed by atoms with Gasteiger partial charge in [-0.1, -0.05) is 35.4 Å². The van der Waals surface area contributed by atoms with Crippen molar-refractivity contribution in [1.29, 1.82) is 0 Å². The van der Waals surface area contributed by atoms with Gasteiger partial charge in [0.1, 0.15) is 5.82 Å². The predicted molar refractivity (Wildman–Crippen MR) is 110 cm³/mol. The van der Waals surface area contributed by atoms with Gasteiger partial charge in [0, 0.05) is 30.4 Å². The highest BCUT2D eigenvalue weighted by Gasteiger charge is 2.22. The first-order chi connectivity index (χ1) is 13.3. The van der Waals surface area contributed by atoms with E-state index in [1.54, 1.807) is 48.8 Å². The fourth-order valence-electron chi connectivity index (χ4n) is 3.02. The predicted octanol–water partition coefficient (Wildman–Crippen LogP) is 3.80. The van der Waals surface area contributed by atoms with Gasteiger partial charge in [0.05, 0.1) is 9.92 Å². The molecule has 0 amide bonds. The average Bonchev–Trinajstić information content (AvgIpc) is 3.02. The van der Waals surface area contributed by atoms with Crippen LogP contribution in [-0.2, 0) is 16.4 Å². The minimum absolute atomic E-state index is 0.201. The zero-order valence-corrected chi connectivity index (χ0v) is 16.6. The molecule has 2 N–H and O–H groups in total. The van der Waals surface area contributed by atoms with Crippen molar-refractivity contribution >= 4 is 38.5 Å². The molecule has 0 unspecified atom stereocenters. The highest BCUT2D eigenvalue weighted by molar-refractivity contribution is 7.90. The highest BCUT2D eigenvalue weighted by Crippen LogP contribution is 2.28. The van der Waals surface area contributed by atoms with Crippen molar-refractivity contribution in [3.8, 4) is 0 Å². The summed E-state index contributed by atoms with van der Waals surface area (Å²) in [5, 5.41) is 1.12. The molecule has 0 aliphatic heterocycles. The van der Waals surface area contributed by atoms with E-state index in [1.165, 1.54) is 10.2 Å². The number of nitrogens with zero attached hydrogens (tertiary/aromatic N) is 3. The van der Waals surface area contributed by atoms with Crippen LogP contribution in [-0.4, -0.2) is 22.4 Å². The fourth-order valence-corrected chi connectivity index (χ4v) is 4.53. The van der Waals surface area contributed by atoms with E-state index in [4.69, 9.17) is 17.3 Å². The third kappa shape index (κ3) is 3.34. The lowest BCUT2D eigenvalue weighted by Crippen LogP contribution is -2.12. The van der Waals surface area contributed by atoms with Gasteiger partial charge >= 0.3 is 0 Å². The second-order valence-electron chi connectivity index (χ2n) is 6.56. The van der Waals surface area contributed by atoms with E-state index in [2.05, 4.69) is 9.97 Å². The van der Waals surface area contributed by atoms with Crippen LogP contribution in [0.3, 0.4) is 0 Å². The molecule has 0 saturated carbocycles. The summed E-state index contributed by atoms with van der Waals surface area (Å²) in [4.78, 5) is 8.58. The molecular weight excluding hydrogens is 396 g/mol. The number of aryl methyl sites for hydroxylation is 1. The summed E-state index contributed by atoms with van der Waals surface area (Å²) in [6, 6.07) is 12.0. The van der Waals surface area contributed by atoms with E-state index in [9.17, 15) is 8.42 Å². The van der Waals surface area contributed by atoms with Crippen LogP contribution in [0.25, 0.3) is 11.0 Å². The molecule has 0 atom stereocenters. The molecule has 4 aromatic rings. The van der Waals surface area contributed by atoms with E-state index in [-0.39, 0.29) is 4.90 Å². The molecule has 3 heterocycles. The standard InChI is InChI=1S/C20H17ClN4O2S/c1-13-2-5-17(6-3-13)28(26,27)25-12-15(8-14-4-7-19(22)23-10-14)18-9-16(21)11-24-20(18)25/h2-7,9-12H,8H2,1H3,(H2,22,23). The normalized spacial score (nSPS) is 11.8. The Morgan fingerprint density at radius 1 is 1.07 bits per heavy atom. The number of aromatic nitrogens is 3. The molecule has 142 valence electrons. The Hall–Kier alpha value is -2.90. The van der Waals surface area contributed by atoms with Gasteiger partial charge in [-0.05, 0) is 42.3 Å². The summed E-state index contributed by atoms with van der Waals surface area (Å²) < 4.78 is 27.6. The number of benzene rings is 1. The summed E-state index contributed by atoms with van der Waals surface area (Å²) in [7, 11) is -3.80. The Labute approximate surface area is 167 Å². The summed E-state index contributed by atoms with van der Waals surface area (Å²) in [6.45, 7) is 1.91. The number of anilines is 1. The number of rotatable bonds is 4. The van der Waals surface area contributed by atoms with E-state index in [0.29, 0.717) is 28.3 Å². The SMILES string of the molecule is Cc1ccc(S(=O)(=O)n2cc(Cc3ccc(N)nc3)c3cc(Cl)cnc32)cc1. The van der Waals surface area contributed by atoms with Gasteiger partial charge in [-0.2, -0.15) is 0 Å². The van der Waals surface area contributed by atoms with Crippen molar-refractivity contribution in [1.82, 2.24) is 13.9 Å². The van der Waals surface area contributed by atoms with Crippen LogP contribution >= 0.6 is 11.6 Å². The first-order valence-electron chi connectivity index (χ1n) is 8.53. The van der Waals surface area contributed by atoms with Crippen LogP contribution in [0.2, 0.25) is 5.02 Å². The van der Waals surface area contributed by atoms with Gasteiger partial charge in [-0.25, -0.2) is 22.4 Å². The molecule has 0 aliphatic carbocycles. The molecule has 28 heavy (non-hydrogen) atoms. The first kappa shape index (κ1) is 18.5. The number of nitrogens with two attached hydrogens (primary N) is 1. The van der Waals surface area contributed by atoms with E-state index < -0.39 is 10.0 Å². The Balaban J connectivity index is 1.87. The van der Waals surface area contributed by atoms with Crippen molar-refractivity contribution < 1.29 is 8.42 Å². The number of pyridine rings is 2. The largest absolute Gasteiger partial charge is 0.384 e. The van der Waals surface area contributed by atoms with Crippen molar-refractivity contribution in [2.45, 2.75) is 18.2 Å². The molecule has 0 bridgehead atoms. The summed E-state index contributed by atoms with van der Waals surface area (Å²) in [5.74, 6) is 0.429. The van der Waals surface area contributed by atoms with Crippen LogP contribution in [0.5, 0.6) is 0 Å². The zero-order chi connectivity index (χ0) is 19.9. The maximum Gasteiger partial charge on any atom is 0.269 e.